The van der Waals surface area contributed by atoms with E-state index in [-0.39, 0.29) is 6.10 Å². The molecule has 2 aliphatic rings. The van der Waals surface area contributed by atoms with E-state index in [1.54, 1.807) is 5.57 Å². The van der Waals surface area contributed by atoms with E-state index in [0.29, 0.717) is 0 Å². The maximum Gasteiger partial charge on any atom is 0.213 e. The molecule has 1 aromatic heterocycles. The zero-order chi connectivity index (χ0) is 11.7. The second-order valence-electron chi connectivity index (χ2n) is 4.89. The number of allylic oxidation sites excluding steroid dienone is 2. The van der Waals surface area contributed by atoms with E-state index in [1.165, 1.54) is 24.0 Å². The summed E-state index contributed by atoms with van der Waals surface area (Å²) in [7, 11) is 0. The van der Waals surface area contributed by atoms with Crippen LogP contribution in [0.25, 0.3) is 0 Å². The summed E-state index contributed by atoms with van der Waals surface area (Å²) in [6.45, 7) is 2.04. The molecule has 0 fully saturated rings. The van der Waals surface area contributed by atoms with Gasteiger partial charge in [0.2, 0.25) is 5.88 Å². The van der Waals surface area contributed by atoms with Crippen molar-refractivity contribution in [2.75, 3.05) is 0 Å². The summed E-state index contributed by atoms with van der Waals surface area (Å²) in [6, 6.07) is 4.01. The lowest BCUT2D eigenvalue weighted by atomic mass is 10.0. The van der Waals surface area contributed by atoms with Gasteiger partial charge in [-0.1, -0.05) is 23.8 Å². The minimum absolute atomic E-state index is 0.290. The van der Waals surface area contributed by atoms with Gasteiger partial charge in [-0.25, -0.2) is 4.98 Å². The van der Waals surface area contributed by atoms with Crippen molar-refractivity contribution >= 4 is 0 Å². The van der Waals surface area contributed by atoms with Crippen LogP contribution in [0.4, 0.5) is 0 Å². The Balaban J connectivity index is 1.65. The van der Waals surface area contributed by atoms with E-state index >= 15 is 0 Å². The number of ether oxygens (including phenoxy) is 1. The van der Waals surface area contributed by atoms with Gasteiger partial charge in [0, 0.05) is 25.1 Å². The predicted octanol–water partition coefficient (Wildman–Crippen LogP) is 3.58. The summed E-state index contributed by atoms with van der Waals surface area (Å²) in [6.07, 6.45) is 11.2. The molecule has 0 radical (unpaired) electrons. The lowest BCUT2D eigenvalue weighted by Crippen LogP contribution is -2.13. The van der Waals surface area contributed by atoms with Gasteiger partial charge in [0.1, 0.15) is 6.10 Å². The molecule has 0 saturated carbocycles. The second-order valence-corrected chi connectivity index (χ2v) is 4.89. The SMILES string of the molecule is Cc1ccc(OC2CC3=C(CCC=C3)C2)nc1. The first-order chi connectivity index (χ1) is 8.31. The molecular weight excluding hydrogens is 210 g/mol. The molecule has 0 saturated heterocycles. The third-order valence-corrected chi connectivity index (χ3v) is 3.48. The summed E-state index contributed by atoms with van der Waals surface area (Å²) >= 11 is 0. The van der Waals surface area contributed by atoms with Gasteiger partial charge in [-0.05, 0) is 30.9 Å². The van der Waals surface area contributed by atoms with Crippen LogP contribution in [-0.2, 0) is 0 Å². The van der Waals surface area contributed by atoms with E-state index in [2.05, 4.69) is 17.1 Å². The molecule has 1 aromatic rings. The molecule has 0 amide bonds. The number of hydrogen-bond acceptors (Lipinski definition) is 2. The molecule has 2 heteroatoms. The zero-order valence-electron chi connectivity index (χ0n) is 10.1. The minimum Gasteiger partial charge on any atom is -0.474 e. The highest BCUT2D eigenvalue weighted by atomic mass is 16.5. The second kappa shape index (κ2) is 4.36. The van der Waals surface area contributed by atoms with Crippen LogP contribution in [-0.4, -0.2) is 11.1 Å². The summed E-state index contributed by atoms with van der Waals surface area (Å²) in [5.74, 6) is 0.754. The highest BCUT2D eigenvalue weighted by Gasteiger charge is 2.25. The third kappa shape index (κ3) is 2.26. The standard InChI is InChI=1S/C15H17NO/c1-11-6-7-15(16-10-11)17-14-8-12-4-2-3-5-13(12)9-14/h2,4,6-7,10,14H,3,5,8-9H2,1H3. The van der Waals surface area contributed by atoms with Gasteiger partial charge in [-0.15, -0.1) is 0 Å². The Kier molecular flexibility index (Phi) is 2.71. The minimum atomic E-state index is 0.290. The first kappa shape index (κ1) is 10.6. The van der Waals surface area contributed by atoms with Crippen molar-refractivity contribution in [3.05, 3.63) is 47.2 Å². The van der Waals surface area contributed by atoms with Crippen LogP contribution in [0.1, 0.15) is 31.2 Å². The molecule has 1 unspecified atom stereocenters. The summed E-state index contributed by atoms with van der Waals surface area (Å²) < 4.78 is 5.94. The van der Waals surface area contributed by atoms with Crippen molar-refractivity contribution in [3.8, 4) is 5.88 Å². The van der Waals surface area contributed by atoms with Crippen LogP contribution in [0.2, 0.25) is 0 Å². The molecule has 0 N–H and O–H groups in total. The van der Waals surface area contributed by atoms with Gasteiger partial charge in [-0.2, -0.15) is 0 Å². The van der Waals surface area contributed by atoms with E-state index in [9.17, 15) is 0 Å². The number of aromatic nitrogens is 1. The highest BCUT2D eigenvalue weighted by molar-refractivity contribution is 5.35. The van der Waals surface area contributed by atoms with Crippen LogP contribution < -0.4 is 4.74 Å². The molecule has 88 valence electrons. The van der Waals surface area contributed by atoms with Gasteiger partial charge in [-0.3, -0.25) is 0 Å². The number of pyridine rings is 1. The Bertz CT molecular complexity index is 470. The molecule has 3 rings (SSSR count). The normalized spacial score (nSPS) is 22.8. The molecular formula is C15H17NO. The number of aryl methyl sites for hydroxylation is 1. The first-order valence-electron chi connectivity index (χ1n) is 6.28. The van der Waals surface area contributed by atoms with Crippen LogP contribution >= 0.6 is 0 Å². The van der Waals surface area contributed by atoms with Crippen molar-refractivity contribution in [2.45, 2.75) is 38.7 Å². The zero-order valence-corrected chi connectivity index (χ0v) is 10.1. The molecule has 1 atom stereocenters. The average molecular weight is 227 g/mol. The fourth-order valence-electron chi connectivity index (χ4n) is 2.58. The van der Waals surface area contributed by atoms with Crippen molar-refractivity contribution < 1.29 is 4.74 Å². The Labute approximate surface area is 102 Å². The van der Waals surface area contributed by atoms with Crippen molar-refractivity contribution in [3.63, 3.8) is 0 Å². The molecule has 0 aromatic carbocycles. The summed E-state index contributed by atoms with van der Waals surface area (Å²) in [4.78, 5) is 4.30. The quantitative estimate of drug-likeness (QED) is 0.770. The van der Waals surface area contributed by atoms with Crippen LogP contribution in [0.3, 0.4) is 0 Å². The lowest BCUT2D eigenvalue weighted by molar-refractivity contribution is 0.204. The number of rotatable bonds is 2. The third-order valence-electron chi connectivity index (χ3n) is 3.48. The fourth-order valence-corrected chi connectivity index (χ4v) is 2.58. The average Bonchev–Trinajstić information content (AvgIpc) is 2.74. The van der Waals surface area contributed by atoms with E-state index < -0.39 is 0 Å². The molecule has 0 spiro atoms. The Hall–Kier alpha value is -1.57. The van der Waals surface area contributed by atoms with Crippen molar-refractivity contribution in [2.24, 2.45) is 0 Å². The van der Waals surface area contributed by atoms with Crippen LogP contribution in [0.15, 0.2) is 41.6 Å². The molecule has 2 nitrogen and oxygen atoms in total. The molecule has 17 heavy (non-hydrogen) atoms. The number of nitrogens with zero attached hydrogens (tertiary/aromatic N) is 1. The number of hydrogen-bond donors (Lipinski definition) is 0. The van der Waals surface area contributed by atoms with E-state index in [4.69, 9.17) is 4.74 Å². The smallest absolute Gasteiger partial charge is 0.213 e. The van der Waals surface area contributed by atoms with Gasteiger partial charge < -0.3 is 4.74 Å². The van der Waals surface area contributed by atoms with Gasteiger partial charge in [0.25, 0.3) is 0 Å². The molecule has 0 bridgehead atoms. The first-order valence-corrected chi connectivity index (χ1v) is 6.28. The maximum absolute atomic E-state index is 5.94. The highest BCUT2D eigenvalue weighted by Crippen LogP contribution is 2.35. The van der Waals surface area contributed by atoms with Gasteiger partial charge in [0.15, 0.2) is 0 Å². The monoisotopic (exact) mass is 227 g/mol. The van der Waals surface area contributed by atoms with Gasteiger partial charge >= 0.3 is 0 Å². The molecule has 0 aliphatic heterocycles. The topological polar surface area (TPSA) is 22.1 Å². The van der Waals surface area contributed by atoms with E-state index in [0.717, 1.165) is 18.7 Å². The Morgan fingerprint density at radius 2 is 2.24 bits per heavy atom. The lowest BCUT2D eigenvalue weighted by Gasteiger charge is -2.12. The predicted molar refractivity (Wildman–Crippen MR) is 68.0 cm³/mol. The molecule has 1 heterocycles. The van der Waals surface area contributed by atoms with Crippen molar-refractivity contribution in [1.82, 2.24) is 4.98 Å². The Morgan fingerprint density at radius 1 is 1.29 bits per heavy atom. The van der Waals surface area contributed by atoms with Crippen molar-refractivity contribution in [1.29, 1.82) is 0 Å². The van der Waals surface area contributed by atoms with E-state index in [1.807, 2.05) is 25.3 Å². The Morgan fingerprint density at radius 3 is 3.00 bits per heavy atom. The summed E-state index contributed by atoms with van der Waals surface area (Å²) in [5.41, 5.74) is 4.25. The van der Waals surface area contributed by atoms with Crippen LogP contribution in [0.5, 0.6) is 5.88 Å². The van der Waals surface area contributed by atoms with Crippen LogP contribution in [0, 0.1) is 6.92 Å². The molecule has 2 aliphatic carbocycles. The summed E-state index contributed by atoms with van der Waals surface area (Å²) in [5, 5.41) is 0. The van der Waals surface area contributed by atoms with Gasteiger partial charge in [0.05, 0.1) is 0 Å². The largest absolute Gasteiger partial charge is 0.474 e. The maximum atomic E-state index is 5.94. The fraction of sp³-hybridized carbons (Fsp3) is 0.400.